The predicted molar refractivity (Wildman–Crippen MR) is 60.7 cm³/mol. The molecule has 3 nitrogen and oxygen atoms in total. The summed E-state index contributed by atoms with van der Waals surface area (Å²) in [7, 11) is 5.30. The van der Waals surface area contributed by atoms with Crippen molar-refractivity contribution in [3.05, 3.63) is 29.3 Å². The standard InChI is InChI=1S/C12H15NO2/c1-13-7-9-8-5-4-6-10(14-2)11(8)12(9)15-3/h4-6,13H,7H2,1-3H3. The van der Waals surface area contributed by atoms with Crippen molar-refractivity contribution in [2.24, 2.45) is 0 Å². The monoisotopic (exact) mass is 205 g/mol. The summed E-state index contributed by atoms with van der Waals surface area (Å²) in [5.74, 6) is 1.82. The highest BCUT2D eigenvalue weighted by atomic mass is 16.5. The van der Waals surface area contributed by atoms with Crippen molar-refractivity contribution in [2.75, 3.05) is 27.8 Å². The third-order valence-corrected chi connectivity index (χ3v) is 2.63. The Bertz CT molecular complexity index is 410. The van der Waals surface area contributed by atoms with Crippen LogP contribution in [0.25, 0.3) is 11.3 Å². The van der Waals surface area contributed by atoms with Gasteiger partial charge in [0.05, 0.1) is 19.8 Å². The summed E-state index contributed by atoms with van der Waals surface area (Å²) in [5, 5.41) is 3.13. The molecule has 0 saturated carbocycles. The zero-order chi connectivity index (χ0) is 10.8. The summed E-state index contributed by atoms with van der Waals surface area (Å²) < 4.78 is 10.7. The van der Waals surface area contributed by atoms with Crippen molar-refractivity contribution in [1.29, 1.82) is 0 Å². The van der Waals surface area contributed by atoms with Crippen LogP contribution in [0.3, 0.4) is 0 Å². The molecule has 0 aliphatic heterocycles. The van der Waals surface area contributed by atoms with Gasteiger partial charge in [-0.1, -0.05) is 12.1 Å². The van der Waals surface area contributed by atoms with Crippen LogP contribution in [0.1, 0.15) is 11.1 Å². The Hall–Kier alpha value is -1.48. The Morgan fingerprint density at radius 3 is 2.60 bits per heavy atom. The highest BCUT2D eigenvalue weighted by Crippen LogP contribution is 2.45. The van der Waals surface area contributed by atoms with Gasteiger partial charge >= 0.3 is 0 Å². The largest absolute Gasteiger partial charge is 0.496 e. The van der Waals surface area contributed by atoms with Crippen molar-refractivity contribution in [1.82, 2.24) is 5.32 Å². The summed E-state index contributed by atoms with van der Waals surface area (Å²) in [4.78, 5) is 0. The molecule has 3 heteroatoms. The Kier molecular flexibility index (Phi) is 2.64. The molecule has 1 aliphatic rings. The molecule has 0 fully saturated rings. The fraction of sp³-hybridized carbons (Fsp3) is 0.333. The highest BCUT2D eigenvalue weighted by molar-refractivity contribution is 6.03. The van der Waals surface area contributed by atoms with E-state index in [1.165, 1.54) is 11.1 Å². The molecule has 1 aromatic rings. The second-order valence-electron chi connectivity index (χ2n) is 3.42. The lowest BCUT2D eigenvalue weighted by molar-refractivity contribution is 0.358. The third-order valence-electron chi connectivity index (χ3n) is 2.63. The minimum atomic E-state index is 0.823. The van der Waals surface area contributed by atoms with Crippen LogP contribution in [0, 0.1) is 0 Å². The molecule has 0 aromatic heterocycles. The van der Waals surface area contributed by atoms with E-state index in [-0.39, 0.29) is 0 Å². The maximum absolute atomic E-state index is 5.38. The second-order valence-corrected chi connectivity index (χ2v) is 3.42. The van der Waals surface area contributed by atoms with Gasteiger partial charge in [-0.3, -0.25) is 0 Å². The van der Waals surface area contributed by atoms with Crippen molar-refractivity contribution in [2.45, 2.75) is 0 Å². The first-order valence-corrected chi connectivity index (χ1v) is 4.93. The van der Waals surface area contributed by atoms with Crippen molar-refractivity contribution < 1.29 is 9.47 Å². The fourth-order valence-electron chi connectivity index (χ4n) is 1.98. The molecule has 0 spiro atoms. The Morgan fingerprint density at radius 2 is 2.00 bits per heavy atom. The molecule has 0 radical (unpaired) electrons. The van der Waals surface area contributed by atoms with Crippen molar-refractivity contribution in [3.63, 3.8) is 0 Å². The average molecular weight is 205 g/mol. The summed E-state index contributed by atoms with van der Waals surface area (Å²) in [5.41, 5.74) is 3.53. The molecule has 1 N–H and O–H groups in total. The molecule has 0 saturated heterocycles. The van der Waals surface area contributed by atoms with Crippen LogP contribution in [-0.2, 0) is 4.74 Å². The second kappa shape index (κ2) is 3.95. The molecule has 0 bridgehead atoms. The molecule has 0 atom stereocenters. The van der Waals surface area contributed by atoms with Gasteiger partial charge in [0.15, 0.2) is 0 Å². The van der Waals surface area contributed by atoms with Crippen molar-refractivity contribution >= 4 is 11.3 Å². The van der Waals surface area contributed by atoms with E-state index in [0.29, 0.717) is 0 Å². The number of nitrogens with one attached hydrogen (secondary N) is 1. The molecular formula is C12H15NO2. The molecule has 80 valence electrons. The lowest BCUT2D eigenvalue weighted by Crippen LogP contribution is -2.19. The van der Waals surface area contributed by atoms with Gasteiger partial charge in [-0.15, -0.1) is 0 Å². The van der Waals surface area contributed by atoms with Crippen LogP contribution in [0.2, 0.25) is 0 Å². The predicted octanol–water partition coefficient (Wildman–Crippen LogP) is 1.74. The first kappa shape index (κ1) is 10.1. The van der Waals surface area contributed by atoms with Gasteiger partial charge in [-0.05, 0) is 18.7 Å². The van der Waals surface area contributed by atoms with Gasteiger partial charge in [0.25, 0.3) is 0 Å². The maximum Gasteiger partial charge on any atom is 0.135 e. The molecule has 15 heavy (non-hydrogen) atoms. The van der Waals surface area contributed by atoms with Crippen LogP contribution in [0.5, 0.6) is 5.75 Å². The summed E-state index contributed by atoms with van der Waals surface area (Å²) >= 11 is 0. The first-order valence-electron chi connectivity index (χ1n) is 4.93. The molecule has 0 unspecified atom stereocenters. The molecule has 1 aromatic carbocycles. The number of hydrogen-bond acceptors (Lipinski definition) is 3. The number of methoxy groups -OCH3 is 2. The smallest absolute Gasteiger partial charge is 0.135 e. The highest BCUT2D eigenvalue weighted by Gasteiger charge is 2.29. The van der Waals surface area contributed by atoms with E-state index in [4.69, 9.17) is 9.47 Å². The lowest BCUT2D eigenvalue weighted by atomic mass is 9.85. The number of likely N-dealkylation sites (N-methyl/N-ethyl adjacent to an activating group) is 1. The topological polar surface area (TPSA) is 30.5 Å². The quantitative estimate of drug-likeness (QED) is 0.812. The van der Waals surface area contributed by atoms with Gasteiger partial charge in [-0.2, -0.15) is 0 Å². The molecule has 1 aliphatic carbocycles. The van der Waals surface area contributed by atoms with Crippen LogP contribution >= 0.6 is 0 Å². The number of hydrogen-bond donors (Lipinski definition) is 1. The van der Waals surface area contributed by atoms with Gasteiger partial charge < -0.3 is 14.8 Å². The van der Waals surface area contributed by atoms with Crippen molar-refractivity contribution in [3.8, 4) is 5.75 Å². The first-order chi connectivity index (χ1) is 7.33. The van der Waals surface area contributed by atoms with E-state index in [2.05, 4.69) is 11.4 Å². The summed E-state index contributed by atoms with van der Waals surface area (Å²) in [6.07, 6.45) is 0. The van der Waals surface area contributed by atoms with Crippen LogP contribution < -0.4 is 10.1 Å². The molecule has 0 heterocycles. The van der Waals surface area contributed by atoms with Crippen LogP contribution in [-0.4, -0.2) is 27.8 Å². The average Bonchev–Trinajstić information content (AvgIpc) is 2.26. The fourth-order valence-corrected chi connectivity index (χ4v) is 1.98. The number of fused-ring (bicyclic) bond motifs is 1. The SMILES string of the molecule is CNCC1=C(OC)c2c(OC)cccc21. The molecule has 2 rings (SSSR count). The van der Waals surface area contributed by atoms with E-state index in [0.717, 1.165) is 23.6 Å². The minimum Gasteiger partial charge on any atom is -0.496 e. The van der Waals surface area contributed by atoms with E-state index >= 15 is 0 Å². The van der Waals surface area contributed by atoms with Gasteiger partial charge in [0.1, 0.15) is 11.5 Å². The molecular weight excluding hydrogens is 190 g/mol. The lowest BCUT2D eigenvalue weighted by Gasteiger charge is -2.28. The maximum atomic E-state index is 5.38. The van der Waals surface area contributed by atoms with E-state index in [1.54, 1.807) is 14.2 Å². The summed E-state index contributed by atoms with van der Waals surface area (Å²) in [6.45, 7) is 0.823. The number of ether oxygens (including phenoxy) is 2. The van der Waals surface area contributed by atoms with Gasteiger partial charge in [-0.25, -0.2) is 0 Å². The van der Waals surface area contributed by atoms with Gasteiger partial charge in [0.2, 0.25) is 0 Å². The third kappa shape index (κ3) is 1.39. The van der Waals surface area contributed by atoms with Crippen LogP contribution in [0.4, 0.5) is 0 Å². The Labute approximate surface area is 89.7 Å². The Balaban J connectivity index is 2.43. The van der Waals surface area contributed by atoms with Crippen LogP contribution in [0.15, 0.2) is 18.2 Å². The van der Waals surface area contributed by atoms with E-state index in [1.807, 2.05) is 19.2 Å². The molecule has 0 amide bonds. The van der Waals surface area contributed by atoms with Gasteiger partial charge in [0, 0.05) is 12.1 Å². The normalized spacial score (nSPS) is 13.3. The zero-order valence-electron chi connectivity index (χ0n) is 9.26. The number of rotatable bonds is 4. The minimum absolute atomic E-state index is 0.823. The van der Waals surface area contributed by atoms with E-state index < -0.39 is 0 Å². The zero-order valence-corrected chi connectivity index (χ0v) is 9.26. The number of benzene rings is 1. The van der Waals surface area contributed by atoms with E-state index in [9.17, 15) is 0 Å². The Morgan fingerprint density at radius 1 is 1.20 bits per heavy atom. The summed E-state index contributed by atoms with van der Waals surface area (Å²) in [6, 6.07) is 6.04.